The number of hydrogen-bond acceptors (Lipinski definition) is 3. The molecule has 4 aliphatic carbocycles. The van der Waals surface area contributed by atoms with Gasteiger partial charge in [-0.15, -0.1) is 0 Å². The van der Waals surface area contributed by atoms with Gasteiger partial charge in [0.05, 0.1) is 0 Å². The van der Waals surface area contributed by atoms with Crippen LogP contribution in [0.5, 0.6) is 0 Å². The molecular weight excluding hydrogens is 286 g/mol. The monoisotopic (exact) mass is 313 g/mol. The number of nitrogens with two attached hydrogens (primary N) is 1. The zero-order valence-corrected chi connectivity index (χ0v) is 14.3. The number of rotatable bonds is 1. The van der Waals surface area contributed by atoms with E-state index >= 15 is 0 Å². The highest BCUT2D eigenvalue weighted by Gasteiger charge is 2.59. The van der Waals surface area contributed by atoms with Gasteiger partial charge >= 0.3 is 0 Å². The molecule has 0 heterocycles. The average molecular weight is 313 g/mol. The Morgan fingerprint density at radius 2 is 2.09 bits per heavy atom. The molecule has 3 nitrogen and oxygen atoms in total. The number of carbonyl (C=O) groups excluding carboxylic acids is 1. The number of methoxy groups -OCH3 is 1. The van der Waals surface area contributed by atoms with Crippen molar-refractivity contribution in [1.29, 1.82) is 0 Å². The molecule has 2 saturated carbocycles. The second-order valence-corrected chi connectivity index (χ2v) is 8.34. The van der Waals surface area contributed by atoms with E-state index in [4.69, 9.17) is 10.5 Å². The largest absolute Gasteiger partial charge is 0.399 e. The molecule has 6 atom stereocenters. The zero-order chi connectivity index (χ0) is 16.4. The fraction of sp³-hybridized carbons (Fsp3) is 0.650. The van der Waals surface area contributed by atoms with Gasteiger partial charge in [0, 0.05) is 30.1 Å². The molecule has 0 aromatic rings. The highest BCUT2D eigenvalue weighted by molar-refractivity contribution is 5.87. The molecule has 0 bridgehead atoms. The smallest absolute Gasteiger partial charge is 0.162 e. The second kappa shape index (κ2) is 4.83. The lowest BCUT2D eigenvalue weighted by molar-refractivity contribution is -0.129. The fourth-order valence-corrected chi connectivity index (χ4v) is 5.96. The van der Waals surface area contributed by atoms with Gasteiger partial charge in [0.25, 0.3) is 0 Å². The Labute approximate surface area is 138 Å². The molecule has 0 saturated heterocycles. The third-order valence-corrected chi connectivity index (χ3v) is 7.24. The Kier molecular flexibility index (Phi) is 3.19. The maximum Gasteiger partial charge on any atom is 0.162 e. The molecule has 0 spiro atoms. The Morgan fingerprint density at radius 3 is 2.83 bits per heavy atom. The van der Waals surface area contributed by atoms with E-state index < -0.39 is 0 Å². The van der Waals surface area contributed by atoms with Crippen molar-refractivity contribution in [3.8, 4) is 0 Å². The summed E-state index contributed by atoms with van der Waals surface area (Å²) < 4.78 is 5.60. The third kappa shape index (κ3) is 1.89. The average Bonchev–Trinajstić information content (AvgIpc) is 2.77. The summed E-state index contributed by atoms with van der Waals surface area (Å²) >= 11 is 0. The minimum atomic E-state index is -0.228. The van der Waals surface area contributed by atoms with Crippen LogP contribution >= 0.6 is 0 Å². The maximum absolute atomic E-state index is 12.5. The van der Waals surface area contributed by atoms with Gasteiger partial charge in [0.1, 0.15) is 6.10 Å². The van der Waals surface area contributed by atoms with Crippen molar-refractivity contribution in [3.05, 3.63) is 35.6 Å². The lowest BCUT2D eigenvalue weighted by Crippen LogP contribution is -2.47. The number of allylic oxidation sites excluding steroid dienone is 5. The van der Waals surface area contributed by atoms with Gasteiger partial charge < -0.3 is 10.5 Å². The van der Waals surface area contributed by atoms with Crippen LogP contribution in [0.3, 0.4) is 0 Å². The molecule has 1 unspecified atom stereocenters. The molecule has 124 valence electrons. The van der Waals surface area contributed by atoms with Crippen molar-refractivity contribution in [2.75, 3.05) is 7.11 Å². The maximum atomic E-state index is 12.5. The van der Waals surface area contributed by atoms with Gasteiger partial charge in [-0.05, 0) is 43.1 Å². The van der Waals surface area contributed by atoms with E-state index in [0.29, 0.717) is 30.0 Å². The van der Waals surface area contributed by atoms with Crippen molar-refractivity contribution in [3.63, 3.8) is 0 Å². The van der Waals surface area contributed by atoms with Gasteiger partial charge in [-0.2, -0.15) is 0 Å². The van der Waals surface area contributed by atoms with Crippen molar-refractivity contribution in [2.45, 2.75) is 45.6 Å². The van der Waals surface area contributed by atoms with E-state index in [-0.39, 0.29) is 16.9 Å². The van der Waals surface area contributed by atoms with Crippen LogP contribution in [0, 0.1) is 28.6 Å². The molecule has 0 radical (unpaired) electrons. The van der Waals surface area contributed by atoms with E-state index in [0.717, 1.165) is 25.0 Å². The van der Waals surface area contributed by atoms with Crippen LogP contribution in [0.4, 0.5) is 0 Å². The summed E-state index contributed by atoms with van der Waals surface area (Å²) in [6, 6.07) is 0. The topological polar surface area (TPSA) is 52.3 Å². The first-order valence-electron chi connectivity index (χ1n) is 8.82. The molecule has 2 fully saturated rings. The van der Waals surface area contributed by atoms with E-state index in [1.807, 2.05) is 0 Å². The number of hydrogen-bond donors (Lipinski definition) is 1. The Bertz CT molecular complexity index is 646. The van der Waals surface area contributed by atoms with Crippen LogP contribution in [-0.2, 0) is 9.53 Å². The summed E-state index contributed by atoms with van der Waals surface area (Å²) in [7, 11) is 1.69. The molecule has 0 aliphatic heterocycles. The standard InChI is InChI=1S/C20H27NO2/c1-19-8-6-13(21)10-12(19)4-5-14-15(19)7-9-20(2)16(14)11-17(22)18(20)23-3/h6-8,10,12,14,16,18H,4-5,9,11,21H2,1-3H3/t12?,14-,16+,18-,19+,20+/m1/s1. The van der Waals surface area contributed by atoms with Gasteiger partial charge in [-0.25, -0.2) is 0 Å². The molecule has 0 aromatic carbocycles. The molecule has 23 heavy (non-hydrogen) atoms. The predicted molar refractivity (Wildman–Crippen MR) is 90.4 cm³/mol. The normalized spacial score (nSPS) is 48.2. The molecule has 0 amide bonds. The summed E-state index contributed by atoms with van der Waals surface area (Å²) in [4.78, 5) is 12.5. The van der Waals surface area contributed by atoms with Crippen LogP contribution in [0.1, 0.15) is 39.5 Å². The SMILES string of the molecule is CO[C@@H]1C(=O)C[C@H]2[C@@H]3CCC4C=C(N)C=C[C@]4(C)C3=CC[C@]12C. The summed E-state index contributed by atoms with van der Waals surface area (Å²) in [6.07, 6.45) is 12.7. The number of ether oxygens (including phenoxy) is 1. The molecule has 4 rings (SSSR count). The number of fused-ring (bicyclic) bond motifs is 5. The minimum Gasteiger partial charge on any atom is -0.399 e. The quantitative estimate of drug-likeness (QED) is 0.755. The van der Waals surface area contributed by atoms with Gasteiger partial charge in [0.15, 0.2) is 5.78 Å². The summed E-state index contributed by atoms with van der Waals surface area (Å²) in [5.74, 6) is 1.73. The first-order chi connectivity index (χ1) is 10.9. The van der Waals surface area contributed by atoms with Crippen LogP contribution in [0.25, 0.3) is 0 Å². The van der Waals surface area contributed by atoms with E-state index in [9.17, 15) is 4.79 Å². The molecule has 2 N–H and O–H groups in total. The van der Waals surface area contributed by atoms with Gasteiger partial charge in [0.2, 0.25) is 0 Å². The van der Waals surface area contributed by atoms with E-state index in [2.05, 4.69) is 38.2 Å². The highest BCUT2D eigenvalue weighted by Crippen LogP contribution is 2.62. The number of Topliss-reactive ketones (excluding diaryl/α,β-unsaturated/α-hetero) is 1. The Hall–Kier alpha value is -1.35. The lowest BCUT2D eigenvalue weighted by Gasteiger charge is -2.53. The van der Waals surface area contributed by atoms with Crippen LogP contribution in [0.15, 0.2) is 35.6 Å². The first-order valence-corrected chi connectivity index (χ1v) is 8.82. The fourth-order valence-electron chi connectivity index (χ4n) is 5.96. The highest BCUT2D eigenvalue weighted by atomic mass is 16.5. The minimum absolute atomic E-state index is 0.0313. The van der Waals surface area contributed by atoms with Crippen molar-refractivity contribution in [1.82, 2.24) is 0 Å². The van der Waals surface area contributed by atoms with E-state index in [1.165, 1.54) is 0 Å². The van der Waals surface area contributed by atoms with E-state index in [1.54, 1.807) is 12.7 Å². The summed E-state index contributed by atoms with van der Waals surface area (Å²) in [5, 5.41) is 0. The second-order valence-electron chi connectivity index (χ2n) is 8.34. The lowest BCUT2D eigenvalue weighted by atomic mass is 9.51. The Balaban J connectivity index is 1.75. The molecular formula is C20H27NO2. The van der Waals surface area contributed by atoms with Crippen LogP contribution < -0.4 is 5.73 Å². The van der Waals surface area contributed by atoms with Crippen molar-refractivity contribution in [2.24, 2.45) is 34.3 Å². The van der Waals surface area contributed by atoms with Crippen LogP contribution in [0.2, 0.25) is 0 Å². The van der Waals surface area contributed by atoms with Crippen LogP contribution in [-0.4, -0.2) is 19.0 Å². The molecule has 4 aliphatic rings. The molecule has 0 aromatic heterocycles. The summed E-state index contributed by atoms with van der Waals surface area (Å²) in [5.41, 5.74) is 8.50. The predicted octanol–water partition coefficient (Wildman–Crippen LogP) is 3.37. The van der Waals surface area contributed by atoms with Gasteiger partial charge in [-0.3, -0.25) is 4.79 Å². The van der Waals surface area contributed by atoms with Crippen molar-refractivity contribution < 1.29 is 9.53 Å². The van der Waals surface area contributed by atoms with Crippen molar-refractivity contribution >= 4 is 5.78 Å². The van der Waals surface area contributed by atoms with Gasteiger partial charge in [-0.1, -0.05) is 37.6 Å². The zero-order valence-electron chi connectivity index (χ0n) is 14.3. The number of ketones is 1. The Morgan fingerprint density at radius 1 is 1.30 bits per heavy atom. The first kappa shape index (κ1) is 15.2. The summed E-state index contributed by atoms with van der Waals surface area (Å²) in [6.45, 7) is 4.61. The number of carbonyl (C=O) groups is 1. The molecule has 3 heteroatoms. The third-order valence-electron chi connectivity index (χ3n) is 7.24.